The molecule has 0 spiro atoms. The summed E-state index contributed by atoms with van der Waals surface area (Å²) in [6.45, 7) is 3.89. The number of benzene rings is 2. The number of hydrogen-bond acceptors (Lipinski definition) is 4. The summed E-state index contributed by atoms with van der Waals surface area (Å²) in [6.07, 6.45) is 2.90. The molecule has 28 heavy (non-hydrogen) atoms. The fourth-order valence-electron chi connectivity index (χ4n) is 2.53. The van der Waals surface area contributed by atoms with Crippen LogP contribution in [0.3, 0.4) is 0 Å². The number of carbonyl (C=O) groups is 2. The van der Waals surface area contributed by atoms with Gasteiger partial charge in [0.05, 0.1) is 7.11 Å². The zero-order valence-electron chi connectivity index (χ0n) is 16.2. The Bertz CT molecular complexity index is 830. The lowest BCUT2D eigenvalue weighted by Crippen LogP contribution is -2.43. The molecule has 1 atom stereocenters. The SMILES string of the molecule is COc1cc(/C=C/C(=O)NC(C(=O)O)C(C)C)ccc1OCc1ccccc1. The predicted octanol–water partition coefficient (Wildman–Crippen LogP) is 3.51. The summed E-state index contributed by atoms with van der Waals surface area (Å²) in [5.41, 5.74) is 1.78. The summed E-state index contributed by atoms with van der Waals surface area (Å²) in [6, 6.07) is 14.2. The highest BCUT2D eigenvalue weighted by molar-refractivity contribution is 5.94. The first kappa shape index (κ1) is 21.0. The summed E-state index contributed by atoms with van der Waals surface area (Å²) in [5, 5.41) is 11.6. The Morgan fingerprint density at radius 2 is 1.82 bits per heavy atom. The first-order valence-corrected chi connectivity index (χ1v) is 8.97. The first-order chi connectivity index (χ1) is 13.4. The maximum Gasteiger partial charge on any atom is 0.326 e. The molecule has 0 aromatic heterocycles. The van der Waals surface area contributed by atoms with E-state index in [2.05, 4.69) is 5.32 Å². The van der Waals surface area contributed by atoms with E-state index in [1.807, 2.05) is 30.3 Å². The van der Waals surface area contributed by atoms with E-state index in [0.717, 1.165) is 11.1 Å². The molecule has 0 aliphatic carbocycles. The molecular formula is C22H25NO5. The number of amides is 1. The van der Waals surface area contributed by atoms with Crippen molar-refractivity contribution in [3.8, 4) is 11.5 Å². The van der Waals surface area contributed by atoms with Crippen molar-refractivity contribution in [2.24, 2.45) is 5.92 Å². The summed E-state index contributed by atoms with van der Waals surface area (Å²) >= 11 is 0. The van der Waals surface area contributed by atoms with Gasteiger partial charge in [0.2, 0.25) is 5.91 Å². The van der Waals surface area contributed by atoms with E-state index >= 15 is 0 Å². The third-order valence-electron chi connectivity index (χ3n) is 4.08. The van der Waals surface area contributed by atoms with Crippen LogP contribution in [0.25, 0.3) is 6.08 Å². The molecule has 0 saturated carbocycles. The van der Waals surface area contributed by atoms with Crippen molar-refractivity contribution in [1.29, 1.82) is 0 Å². The largest absolute Gasteiger partial charge is 0.493 e. The molecule has 148 valence electrons. The summed E-state index contributed by atoms with van der Waals surface area (Å²) < 4.78 is 11.2. The summed E-state index contributed by atoms with van der Waals surface area (Å²) in [7, 11) is 1.55. The summed E-state index contributed by atoms with van der Waals surface area (Å²) in [5.74, 6) is -0.596. The Labute approximate surface area is 164 Å². The smallest absolute Gasteiger partial charge is 0.326 e. The second kappa shape index (κ2) is 10.2. The van der Waals surface area contributed by atoms with Crippen LogP contribution in [0.5, 0.6) is 11.5 Å². The number of carboxylic acids is 1. The molecule has 2 aromatic rings. The van der Waals surface area contributed by atoms with Crippen molar-refractivity contribution < 1.29 is 24.2 Å². The Kier molecular flexibility index (Phi) is 7.63. The molecule has 0 aliphatic heterocycles. The van der Waals surface area contributed by atoms with Crippen LogP contribution >= 0.6 is 0 Å². The zero-order valence-corrected chi connectivity index (χ0v) is 16.2. The van der Waals surface area contributed by atoms with Crippen molar-refractivity contribution in [1.82, 2.24) is 5.32 Å². The maximum atomic E-state index is 12.0. The van der Waals surface area contributed by atoms with Crippen LogP contribution in [0.15, 0.2) is 54.6 Å². The number of ether oxygens (including phenoxy) is 2. The molecule has 0 aliphatic rings. The van der Waals surface area contributed by atoms with E-state index in [1.54, 1.807) is 45.2 Å². The van der Waals surface area contributed by atoms with Crippen LogP contribution < -0.4 is 14.8 Å². The first-order valence-electron chi connectivity index (χ1n) is 8.97. The standard InChI is InChI=1S/C22H25NO5/c1-15(2)21(22(25)26)23-20(24)12-10-16-9-11-18(19(13-16)27-3)28-14-17-7-5-4-6-8-17/h4-13,15,21H,14H2,1-3H3,(H,23,24)(H,25,26)/b12-10+. The topological polar surface area (TPSA) is 84.9 Å². The monoisotopic (exact) mass is 383 g/mol. The average molecular weight is 383 g/mol. The van der Waals surface area contributed by atoms with Crippen molar-refractivity contribution in [3.05, 3.63) is 65.7 Å². The van der Waals surface area contributed by atoms with E-state index in [-0.39, 0.29) is 5.92 Å². The second-order valence-corrected chi connectivity index (χ2v) is 6.59. The summed E-state index contributed by atoms with van der Waals surface area (Å²) in [4.78, 5) is 23.2. The van der Waals surface area contributed by atoms with Crippen molar-refractivity contribution >= 4 is 18.0 Å². The Hall–Kier alpha value is -3.28. The third-order valence-corrected chi connectivity index (χ3v) is 4.08. The van der Waals surface area contributed by atoms with Crippen LogP contribution in [-0.2, 0) is 16.2 Å². The Morgan fingerprint density at radius 3 is 2.43 bits per heavy atom. The molecule has 1 amide bonds. The van der Waals surface area contributed by atoms with Gasteiger partial charge < -0.3 is 19.9 Å². The number of rotatable bonds is 9. The van der Waals surface area contributed by atoms with E-state index in [0.29, 0.717) is 18.1 Å². The van der Waals surface area contributed by atoms with Gasteiger partial charge in [0.15, 0.2) is 11.5 Å². The van der Waals surface area contributed by atoms with Crippen LogP contribution in [0, 0.1) is 5.92 Å². The highest BCUT2D eigenvalue weighted by atomic mass is 16.5. The molecule has 0 radical (unpaired) electrons. The van der Waals surface area contributed by atoms with E-state index in [1.165, 1.54) is 6.08 Å². The van der Waals surface area contributed by atoms with Gasteiger partial charge in [-0.3, -0.25) is 4.79 Å². The van der Waals surface area contributed by atoms with Gasteiger partial charge in [-0.1, -0.05) is 50.2 Å². The van der Waals surface area contributed by atoms with Gasteiger partial charge in [0, 0.05) is 6.08 Å². The number of hydrogen-bond donors (Lipinski definition) is 2. The van der Waals surface area contributed by atoms with Crippen molar-refractivity contribution in [2.45, 2.75) is 26.5 Å². The number of methoxy groups -OCH3 is 1. The zero-order chi connectivity index (χ0) is 20.5. The predicted molar refractivity (Wildman–Crippen MR) is 107 cm³/mol. The maximum absolute atomic E-state index is 12.0. The minimum Gasteiger partial charge on any atom is -0.493 e. The van der Waals surface area contributed by atoms with Crippen LogP contribution in [-0.4, -0.2) is 30.1 Å². The second-order valence-electron chi connectivity index (χ2n) is 6.59. The molecule has 6 heteroatoms. The minimum absolute atomic E-state index is 0.212. The van der Waals surface area contributed by atoms with Crippen LogP contribution in [0.2, 0.25) is 0 Å². The number of nitrogens with one attached hydrogen (secondary N) is 1. The molecule has 0 saturated heterocycles. The quantitative estimate of drug-likeness (QED) is 0.647. The van der Waals surface area contributed by atoms with E-state index in [4.69, 9.17) is 14.6 Å². The molecule has 2 N–H and O–H groups in total. The van der Waals surface area contributed by atoms with E-state index in [9.17, 15) is 9.59 Å². The van der Waals surface area contributed by atoms with Gasteiger partial charge >= 0.3 is 5.97 Å². The van der Waals surface area contributed by atoms with Gasteiger partial charge in [-0.25, -0.2) is 4.79 Å². The van der Waals surface area contributed by atoms with Crippen LogP contribution in [0.4, 0.5) is 0 Å². The van der Waals surface area contributed by atoms with Gasteiger partial charge in [-0.15, -0.1) is 0 Å². The minimum atomic E-state index is -1.06. The van der Waals surface area contributed by atoms with Crippen LogP contribution in [0.1, 0.15) is 25.0 Å². The fraction of sp³-hybridized carbons (Fsp3) is 0.273. The fourth-order valence-corrected chi connectivity index (χ4v) is 2.53. The van der Waals surface area contributed by atoms with Crippen molar-refractivity contribution in [3.63, 3.8) is 0 Å². The van der Waals surface area contributed by atoms with Gasteiger partial charge in [0.25, 0.3) is 0 Å². The molecule has 6 nitrogen and oxygen atoms in total. The molecule has 0 heterocycles. The van der Waals surface area contributed by atoms with Crippen molar-refractivity contribution in [2.75, 3.05) is 7.11 Å². The lowest BCUT2D eigenvalue weighted by Gasteiger charge is -2.16. The Balaban J connectivity index is 2.03. The lowest BCUT2D eigenvalue weighted by atomic mass is 10.0. The lowest BCUT2D eigenvalue weighted by molar-refractivity contribution is -0.142. The van der Waals surface area contributed by atoms with Gasteiger partial charge in [0.1, 0.15) is 12.6 Å². The highest BCUT2D eigenvalue weighted by Crippen LogP contribution is 2.29. The normalized spacial score (nSPS) is 12.0. The third kappa shape index (κ3) is 6.16. The number of carbonyl (C=O) groups excluding carboxylic acids is 1. The Morgan fingerprint density at radius 1 is 1.11 bits per heavy atom. The van der Waals surface area contributed by atoms with E-state index < -0.39 is 17.9 Å². The average Bonchev–Trinajstić information content (AvgIpc) is 2.69. The van der Waals surface area contributed by atoms with Gasteiger partial charge in [-0.05, 0) is 35.3 Å². The number of carboxylic acid groups (broad SMARTS) is 1. The molecule has 0 fully saturated rings. The number of aliphatic carboxylic acids is 1. The molecular weight excluding hydrogens is 358 g/mol. The molecule has 0 bridgehead atoms. The molecule has 2 rings (SSSR count). The molecule has 1 unspecified atom stereocenters. The van der Waals surface area contributed by atoms with Gasteiger partial charge in [-0.2, -0.15) is 0 Å². The molecule has 2 aromatic carbocycles. The highest BCUT2D eigenvalue weighted by Gasteiger charge is 2.22.